The van der Waals surface area contributed by atoms with Crippen LogP contribution in [0.4, 0.5) is 24.5 Å². The van der Waals surface area contributed by atoms with E-state index in [1.807, 2.05) is 62.9 Å². The molecule has 3 nitrogen and oxygen atoms in total. The number of alkyl halides is 3. The molecule has 3 rings (SSSR count). The van der Waals surface area contributed by atoms with Crippen molar-refractivity contribution in [2.45, 2.75) is 59.2 Å². The summed E-state index contributed by atoms with van der Waals surface area (Å²) in [5.74, 6) is -0.181. The number of allylic oxidation sites excluding steroid dienone is 3. The van der Waals surface area contributed by atoms with Gasteiger partial charge in [0.05, 0.1) is 0 Å². The van der Waals surface area contributed by atoms with E-state index < -0.39 is 11.7 Å². The molecule has 0 spiro atoms. The average Bonchev–Trinajstić information content (AvgIpc) is 2.75. The molecule has 0 aliphatic heterocycles. The van der Waals surface area contributed by atoms with E-state index in [0.29, 0.717) is 23.4 Å². The van der Waals surface area contributed by atoms with Gasteiger partial charge in [0.2, 0.25) is 0 Å². The lowest BCUT2D eigenvalue weighted by molar-refractivity contribution is -0.0942. The maximum Gasteiger partial charge on any atom is 0.412 e. The van der Waals surface area contributed by atoms with Crippen LogP contribution in [0, 0.1) is 0 Å². The molecular weight excluding hydrogens is 413 g/mol. The highest BCUT2D eigenvalue weighted by Gasteiger charge is 2.35. The molecule has 0 atom stereocenters. The Morgan fingerprint density at radius 1 is 1.06 bits per heavy atom. The highest BCUT2D eigenvalue weighted by molar-refractivity contribution is 6.05. The number of nitrogens with one attached hydrogen (secondary N) is 1. The molecule has 0 radical (unpaired) electrons. The lowest BCUT2D eigenvalue weighted by Crippen LogP contribution is -2.32. The molecular formula is C26H29F3N2O. The number of anilines is 2. The number of rotatable bonds is 6. The van der Waals surface area contributed by atoms with Crippen LogP contribution in [0.1, 0.15) is 56.5 Å². The third kappa shape index (κ3) is 5.23. The summed E-state index contributed by atoms with van der Waals surface area (Å²) in [7, 11) is 0. The summed E-state index contributed by atoms with van der Waals surface area (Å²) in [6, 6.07) is 14.7. The molecule has 0 saturated heterocycles. The Hall–Kier alpha value is -3.02. The summed E-state index contributed by atoms with van der Waals surface area (Å²) in [5, 5.41) is 2.91. The number of nitrogens with zero attached hydrogens (tertiary/aromatic N) is 1. The number of hydrogen-bond donors (Lipinski definition) is 1. The Labute approximate surface area is 187 Å². The van der Waals surface area contributed by atoms with E-state index in [2.05, 4.69) is 5.32 Å². The Balaban J connectivity index is 1.86. The second kappa shape index (κ2) is 9.63. The molecule has 1 amide bonds. The summed E-state index contributed by atoms with van der Waals surface area (Å²) < 4.78 is 40.0. The van der Waals surface area contributed by atoms with E-state index in [0.717, 1.165) is 23.2 Å². The second-order valence-corrected chi connectivity index (χ2v) is 8.31. The number of aryl methyl sites for hydroxylation is 1. The second-order valence-electron chi connectivity index (χ2n) is 8.31. The van der Waals surface area contributed by atoms with Crippen molar-refractivity contribution in [2.75, 3.05) is 10.2 Å². The summed E-state index contributed by atoms with van der Waals surface area (Å²) in [5.41, 5.74) is 4.04. The first-order chi connectivity index (χ1) is 15.1. The molecule has 1 N–H and O–H groups in total. The Kier molecular flexibility index (Phi) is 7.12. The minimum absolute atomic E-state index is 0.00890. The molecule has 170 valence electrons. The number of benzene rings is 2. The van der Waals surface area contributed by atoms with Gasteiger partial charge in [0.1, 0.15) is 0 Å². The van der Waals surface area contributed by atoms with Gasteiger partial charge in [-0.15, -0.1) is 0 Å². The van der Waals surface area contributed by atoms with Crippen LogP contribution < -0.4 is 10.2 Å². The number of carbonyl (C=O) groups excluding carboxylic acids is 1. The maximum atomic E-state index is 13.3. The van der Waals surface area contributed by atoms with Gasteiger partial charge in [0, 0.05) is 34.3 Å². The Bertz CT molecular complexity index is 1030. The first-order valence-corrected chi connectivity index (χ1v) is 10.9. The molecule has 0 bridgehead atoms. The van der Waals surface area contributed by atoms with E-state index in [4.69, 9.17) is 0 Å². The van der Waals surface area contributed by atoms with E-state index in [1.54, 1.807) is 18.2 Å². The number of hydrogen-bond acceptors (Lipinski definition) is 2. The number of amides is 1. The molecule has 0 unspecified atom stereocenters. The predicted octanol–water partition coefficient (Wildman–Crippen LogP) is 7.27. The van der Waals surface area contributed by atoms with Crippen LogP contribution >= 0.6 is 0 Å². The molecule has 0 saturated carbocycles. The summed E-state index contributed by atoms with van der Waals surface area (Å²) in [6.45, 7) is 7.79. The molecule has 2 aromatic carbocycles. The summed E-state index contributed by atoms with van der Waals surface area (Å²) in [4.78, 5) is 14.6. The molecule has 1 aliphatic rings. The first-order valence-electron chi connectivity index (χ1n) is 10.9. The smallest absolute Gasteiger partial charge is 0.339 e. The third-order valence-corrected chi connectivity index (χ3v) is 5.70. The fraction of sp³-hybridized carbons (Fsp3) is 0.346. The monoisotopic (exact) mass is 442 g/mol. The topological polar surface area (TPSA) is 32.3 Å². The van der Waals surface area contributed by atoms with Gasteiger partial charge in [-0.3, -0.25) is 4.79 Å². The molecule has 32 heavy (non-hydrogen) atoms. The fourth-order valence-corrected chi connectivity index (χ4v) is 3.98. The van der Waals surface area contributed by atoms with Crippen molar-refractivity contribution in [3.63, 3.8) is 0 Å². The highest BCUT2D eigenvalue weighted by atomic mass is 19.4. The quantitative estimate of drug-likeness (QED) is 0.510. The van der Waals surface area contributed by atoms with E-state index in [-0.39, 0.29) is 18.4 Å². The highest BCUT2D eigenvalue weighted by Crippen LogP contribution is 2.38. The van der Waals surface area contributed by atoms with Gasteiger partial charge in [-0.2, -0.15) is 13.2 Å². The third-order valence-electron chi connectivity index (χ3n) is 5.70. The molecule has 0 heterocycles. The lowest BCUT2D eigenvalue weighted by atomic mass is 9.95. The molecule has 0 fully saturated rings. The first kappa shape index (κ1) is 23.6. The zero-order valence-corrected chi connectivity index (χ0v) is 18.9. The van der Waals surface area contributed by atoms with Crippen molar-refractivity contribution in [3.05, 3.63) is 82.6 Å². The lowest BCUT2D eigenvalue weighted by Gasteiger charge is -2.34. The largest absolute Gasteiger partial charge is 0.412 e. The Morgan fingerprint density at radius 3 is 2.31 bits per heavy atom. The van der Waals surface area contributed by atoms with Gasteiger partial charge in [0.15, 0.2) is 0 Å². The standard InChI is InChI=1S/C26H29F3N2O/c1-5-19-8-6-7-9-23(19)25(32)30-21-12-14-22(15-13-21)31(17(2)3)24-16-20(26(27,28)29)11-10-18(24)4/h6-9,12-17H,5,10-11H2,1-4H3,(H,30,32). The molecule has 2 aromatic rings. The number of halogens is 3. The summed E-state index contributed by atoms with van der Waals surface area (Å²) in [6.07, 6.45) is -1.90. The van der Waals surface area contributed by atoms with E-state index in [9.17, 15) is 18.0 Å². The minimum Gasteiger partial charge on any atom is -0.339 e. The van der Waals surface area contributed by atoms with Crippen LogP contribution in [-0.4, -0.2) is 18.1 Å². The Morgan fingerprint density at radius 2 is 1.72 bits per heavy atom. The van der Waals surface area contributed by atoms with Crippen LogP contribution in [0.15, 0.2) is 71.5 Å². The van der Waals surface area contributed by atoms with Crippen LogP contribution in [0.2, 0.25) is 0 Å². The van der Waals surface area contributed by atoms with Crippen molar-refractivity contribution in [3.8, 4) is 0 Å². The van der Waals surface area contributed by atoms with Gasteiger partial charge in [-0.05, 0) is 87.6 Å². The van der Waals surface area contributed by atoms with Gasteiger partial charge in [-0.1, -0.05) is 25.1 Å². The van der Waals surface area contributed by atoms with Crippen LogP contribution in [0.25, 0.3) is 0 Å². The average molecular weight is 443 g/mol. The van der Waals surface area contributed by atoms with Gasteiger partial charge < -0.3 is 10.2 Å². The van der Waals surface area contributed by atoms with Gasteiger partial charge >= 0.3 is 6.18 Å². The fourth-order valence-electron chi connectivity index (χ4n) is 3.98. The van der Waals surface area contributed by atoms with Crippen LogP contribution in [-0.2, 0) is 6.42 Å². The van der Waals surface area contributed by atoms with Crippen molar-refractivity contribution in [1.29, 1.82) is 0 Å². The zero-order chi connectivity index (χ0) is 23.5. The van der Waals surface area contributed by atoms with E-state index >= 15 is 0 Å². The van der Waals surface area contributed by atoms with Crippen molar-refractivity contribution >= 4 is 17.3 Å². The van der Waals surface area contributed by atoms with Gasteiger partial charge in [0.25, 0.3) is 5.91 Å². The van der Waals surface area contributed by atoms with Crippen molar-refractivity contribution < 1.29 is 18.0 Å². The van der Waals surface area contributed by atoms with Crippen LogP contribution in [0.3, 0.4) is 0 Å². The molecule has 1 aliphatic carbocycles. The summed E-state index contributed by atoms with van der Waals surface area (Å²) >= 11 is 0. The molecule has 6 heteroatoms. The predicted molar refractivity (Wildman–Crippen MR) is 124 cm³/mol. The number of carbonyl (C=O) groups is 1. The van der Waals surface area contributed by atoms with Crippen molar-refractivity contribution in [2.24, 2.45) is 0 Å². The molecule has 0 aromatic heterocycles. The van der Waals surface area contributed by atoms with Crippen molar-refractivity contribution in [1.82, 2.24) is 0 Å². The van der Waals surface area contributed by atoms with Gasteiger partial charge in [-0.25, -0.2) is 0 Å². The van der Waals surface area contributed by atoms with E-state index in [1.165, 1.54) is 6.08 Å². The zero-order valence-electron chi connectivity index (χ0n) is 18.9. The van der Waals surface area contributed by atoms with Crippen LogP contribution in [0.5, 0.6) is 0 Å². The normalized spacial score (nSPS) is 14.4. The minimum atomic E-state index is -4.32. The maximum absolute atomic E-state index is 13.3. The SMILES string of the molecule is CCc1ccccc1C(=O)Nc1ccc(N(C2=C(C)CCC(C(F)(F)F)=C2)C(C)C)cc1.